The maximum Gasteiger partial charge on any atom is 0.224 e. The molecular formula is C20H31NO4. The number of carbonyl (C=O) groups is 1. The summed E-state index contributed by atoms with van der Waals surface area (Å²) in [6.45, 7) is 9.50. The van der Waals surface area contributed by atoms with E-state index in [9.17, 15) is 4.79 Å². The second-order valence-corrected chi connectivity index (χ2v) is 6.80. The van der Waals surface area contributed by atoms with Gasteiger partial charge in [0, 0.05) is 32.5 Å². The summed E-state index contributed by atoms with van der Waals surface area (Å²) < 4.78 is 17.2. The molecule has 1 saturated heterocycles. The van der Waals surface area contributed by atoms with Gasteiger partial charge in [-0.05, 0) is 25.0 Å². The van der Waals surface area contributed by atoms with E-state index in [1.54, 1.807) is 0 Å². The normalized spacial score (nSPS) is 15.4. The molecule has 1 aliphatic rings. The van der Waals surface area contributed by atoms with Crippen LogP contribution in [-0.4, -0.2) is 49.8 Å². The maximum absolute atomic E-state index is 12.2. The summed E-state index contributed by atoms with van der Waals surface area (Å²) in [7, 11) is 0. The molecule has 0 unspecified atom stereocenters. The predicted octanol–water partition coefficient (Wildman–Crippen LogP) is 3.52. The minimum atomic E-state index is 0.128. The SMILES string of the molecule is CCOc1ccccc1OC1CCN(C(=O)CCOCC(C)C)CC1. The highest BCUT2D eigenvalue weighted by Crippen LogP contribution is 2.29. The Balaban J connectivity index is 1.73. The molecule has 2 rings (SSSR count). The van der Waals surface area contributed by atoms with Gasteiger partial charge in [0.25, 0.3) is 0 Å². The second kappa shape index (κ2) is 10.3. The van der Waals surface area contributed by atoms with Crippen molar-refractivity contribution in [2.45, 2.75) is 46.1 Å². The fraction of sp³-hybridized carbons (Fsp3) is 0.650. The molecule has 0 atom stereocenters. The van der Waals surface area contributed by atoms with Gasteiger partial charge in [0.2, 0.25) is 5.91 Å². The van der Waals surface area contributed by atoms with E-state index in [4.69, 9.17) is 14.2 Å². The van der Waals surface area contributed by atoms with Gasteiger partial charge in [0.1, 0.15) is 6.10 Å². The van der Waals surface area contributed by atoms with Crippen LogP contribution >= 0.6 is 0 Å². The Hall–Kier alpha value is -1.75. The molecule has 0 N–H and O–H groups in total. The predicted molar refractivity (Wildman–Crippen MR) is 98.1 cm³/mol. The average Bonchev–Trinajstić information content (AvgIpc) is 2.61. The van der Waals surface area contributed by atoms with Crippen LogP contribution in [0.3, 0.4) is 0 Å². The molecule has 0 saturated carbocycles. The molecule has 0 aliphatic carbocycles. The molecule has 5 nitrogen and oxygen atoms in total. The number of amides is 1. The van der Waals surface area contributed by atoms with Crippen LogP contribution in [0.25, 0.3) is 0 Å². The van der Waals surface area contributed by atoms with Crippen LogP contribution in [0.2, 0.25) is 0 Å². The molecule has 140 valence electrons. The topological polar surface area (TPSA) is 48.0 Å². The van der Waals surface area contributed by atoms with Crippen molar-refractivity contribution in [1.82, 2.24) is 4.90 Å². The van der Waals surface area contributed by atoms with Crippen LogP contribution in [0, 0.1) is 5.92 Å². The van der Waals surface area contributed by atoms with Crippen LogP contribution in [0.4, 0.5) is 0 Å². The maximum atomic E-state index is 12.2. The molecule has 0 spiro atoms. The third-order valence-corrected chi connectivity index (χ3v) is 4.15. The number of rotatable bonds is 9. The molecule has 0 bridgehead atoms. The van der Waals surface area contributed by atoms with Crippen LogP contribution < -0.4 is 9.47 Å². The molecule has 1 aromatic rings. The first-order chi connectivity index (χ1) is 12.1. The summed E-state index contributed by atoms with van der Waals surface area (Å²) in [5.41, 5.74) is 0. The summed E-state index contributed by atoms with van der Waals surface area (Å²) in [4.78, 5) is 14.2. The minimum absolute atomic E-state index is 0.128. The van der Waals surface area contributed by atoms with Crippen molar-refractivity contribution < 1.29 is 19.0 Å². The van der Waals surface area contributed by atoms with E-state index in [2.05, 4.69) is 13.8 Å². The van der Waals surface area contributed by atoms with E-state index in [0.717, 1.165) is 37.4 Å². The average molecular weight is 349 g/mol. The number of benzene rings is 1. The standard InChI is InChI=1S/C20H31NO4/c1-4-24-18-7-5-6-8-19(18)25-17-9-12-21(13-10-17)20(22)11-14-23-15-16(2)3/h5-8,16-17H,4,9-15H2,1-3H3. The first-order valence-electron chi connectivity index (χ1n) is 9.34. The van der Waals surface area contributed by atoms with Gasteiger partial charge in [-0.3, -0.25) is 4.79 Å². The summed E-state index contributed by atoms with van der Waals surface area (Å²) in [5.74, 6) is 2.25. The smallest absolute Gasteiger partial charge is 0.224 e. The lowest BCUT2D eigenvalue weighted by Crippen LogP contribution is -2.42. The Labute approximate surface area is 151 Å². The van der Waals surface area contributed by atoms with E-state index in [0.29, 0.717) is 32.2 Å². The van der Waals surface area contributed by atoms with E-state index >= 15 is 0 Å². The summed E-state index contributed by atoms with van der Waals surface area (Å²) in [6, 6.07) is 7.76. The molecule has 1 aliphatic heterocycles. The Morgan fingerprint density at radius 2 is 1.88 bits per heavy atom. The van der Waals surface area contributed by atoms with Gasteiger partial charge in [-0.15, -0.1) is 0 Å². The van der Waals surface area contributed by atoms with Crippen LogP contribution in [0.5, 0.6) is 11.5 Å². The largest absolute Gasteiger partial charge is 0.490 e. The zero-order valence-electron chi connectivity index (χ0n) is 15.7. The van der Waals surface area contributed by atoms with Crippen molar-refractivity contribution in [1.29, 1.82) is 0 Å². The molecule has 1 fully saturated rings. The van der Waals surface area contributed by atoms with Crippen molar-refractivity contribution in [2.24, 2.45) is 5.92 Å². The molecule has 0 aromatic heterocycles. The lowest BCUT2D eigenvalue weighted by molar-refractivity contribution is -0.134. The van der Waals surface area contributed by atoms with Crippen molar-refractivity contribution in [3.8, 4) is 11.5 Å². The van der Waals surface area contributed by atoms with Crippen LogP contribution in [0.15, 0.2) is 24.3 Å². The van der Waals surface area contributed by atoms with Gasteiger partial charge in [0.05, 0.1) is 19.6 Å². The number of para-hydroxylation sites is 2. The number of ether oxygens (including phenoxy) is 3. The van der Waals surface area contributed by atoms with Gasteiger partial charge >= 0.3 is 0 Å². The number of carbonyl (C=O) groups excluding carboxylic acids is 1. The number of nitrogens with zero attached hydrogens (tertiary/aromatic N) is 1. The van der Waals surface area contributed by atoms with Crippen molar-refractivity contribution in [3.05, 3.63) is 24.3 Å². The molecule has 0 radical (unpaired) electrons. The summed E-state index contributed by atoms with van der Waals surface area (Å²) in [6.07, 6.45) is 2.28. The summed E-state index contributed by atoms with van der Waals surface area (Å²) in [5, 5.41) is 0. The first kappa shape index (κ1) is 19.6. The van der Waals surface area contributed by atoms with E-state index < -0.39 is 0 Å². The zero-order chi connectivity index (χ0) is 18.1. The van der Waals surface area contributed by atoms with E-state index in [1.165, 1.54) is 0 Å². The van der Waals surface area contributed by atoms with Gasteiger partial charge in [-0.25, -0.2) is 0 Å². The Morgan fingerprint density at radius 3 is 2.52 bits per heavy atom. The summed E-state index contributed by atoms with van der Waals surface area (Å²) >= 11 is 0. The molecule has 1 aromatic carbocycles. The highest BCUT2D eigenvalue weighted by Gasteiger charge is 2.24. The Bertz CT molecular complexity index is 524. The molecule has 5 heteroatoms. The zero-order valence-corrected chi connectivity index (χ0v) is 15.7. The fourth-order valence-corrected chi connectivity index (χ4v) is 2.86. The van der Waals surface area contributed by atoms with Gasteiger partial charge in [-0.1, -0.05) is 26.0 Å². The van der Waals surface area contributed by atoms with E-state index in [1.807, 2.05) is 36.1 Å². The highest BCUT2D eigenvalue weighted by molar-refractivity contribution is 5.76. The fourth-order valence-electron chi connectivity index (χ4n) is 2.86. The number of hydrogen-bond acceptors (Lipinski definition) is 4. The Morgan fingerprint density at radius 1 is 1.20 bits per heavy atom. The van der Waals surface area contributed by atoms with Crippen LogP contribution in [0.1, 0.15) is 40.0 Å². The monoisotopic (exact) mass is 349 g/mol. The van der Waals surface area contributed by atoms with Gasteiger partial charge in [-0.2, -0.15) is 0 Å². The third-order valence-electron chi connectivity index (χ3n) is 4.15. The number of piperidine rings is 1. The van der Waals surface area contributed by atoms with Crippen LogP contribution in [-0.2, 0) is 9.53 Å². The second-order valence-electron chi connectivity index (χ2n) is 6.80. The van der Waals surface area contributed by atoms with Crippen molar-refractivity contribution in [3.63, 3.8) is 0 Å². The quantitative estimate of drug-likeness (QED) is 0.640. The highest BCUT2D eigenvalue weighted by atomic mass is 16.5. The molecule has 1 heterocycles. The van der Waals surface area contributed by atoms with E-state index in [-0.39, 0.29) is 12.0 Å². The molecular weight excluding hydrogens is 318 g/mol. The molecule has 25 heavy (non-hydrogen) atoms. The van der Waals surface area contributed by atoms with Gasteiger partial charge < -0.3 is 19.1 Å². The van der Waals surface area contributed by atoms with Crippen molar-refractivity contribution >= 4 is 5.91 Å². The molecule has 1 amide bonds. The van der Waals surface area contributed by atoms with Gasteiger partial charge in [0.15, 0.2) is 11.5 Å². The third kappa shape index (κ3) is 6.58. The lowest BCUT2D eigenvalue weighted by atomic mass is 10.1. The Kier molecular flexibility index (Phi) is 8.06. The first-order valence-corrected chi connectivity index (χ1v) is 9.34. The minimum Gasteiger partial charge on any atom is -0.490 e. The lowest BCUT2D eigenvalue weighted by Gasteiger charge is -2.32. The number of hydrogen-bond donors (Lipinski definition) is 0. The van der Waals surface area contributed by atoms with Crippen molar-refractivity contribution in [2.75, 3.05) is 32.9 Å². The number of likely N-dealkylation sites (tertiary alicyclic amines) is 1.